The van der Waals surface area contributed by atoms with Crippen LogP contribution in [-0.2, 0) is 13.1 Å². The van der Waals surface area contributed by atoms with Gasteiger partial charge in [0, 0.05) is 16.8 Å². The fourth-order valence-electron chi connectivity index (χ4n) is 3.46. The summed E-state index contributed by atoms with van der Waals surface area (Å²) in [6.45, 7) is -3.54. The predicted octanol–water partition coefficient (Wildman–Crippen LogP) is 3.26. The minimum atomic E-state index is -5.05. The molecule has 0 fully saturated rings. The van der Waals surface area contributed by atoms with Crippen LogP contribution in [0.5, 0.6) is 0 Å². The van der Waals surface area contributed by atoms with Gasteiger partial charge in [0.05, 0.1) is 6.54 Å². The average Bonchev–Trinajstić information content (AvgIpc) is 3.44. The first-order valence-corrected chi connectivity index (χ1v) is 12.0. The summed E-state index contributed by atoms with van der Waals surface area (Å²) < 4.78 is 79.4. The maximum atomic E-state index is 13.1. The van der Waals surface area contributed by atoms with Gasteiger partial charge in [-0.2, -0.15) is 26.3 Å². The van der Waals surface area contributed by atoms with Crippen molar-refractivity contribution in [2.24, 2.45) is 0 Å². The summed E-state index contributed by atoms with van der Waals surface area (Å²) in [7, 11) is 0. The monoisotopic (exact) mass is 624 g/mol. The van der Waals surface area contributed by atoms with Crippen LogP contribution >= 0.6 is 23.2 Å². The second-order valence-corrected chi connectivity index (χ2v) is 9.11. The highest BCUT2D eigenvalue weighted by Gasteiger charge is 2.39. The Morgan fingerprint density at radius 3 is 2.34 bits per heavy atom. The number of pyridine rings is 1. The molecule has 3 heterocycles. The number of rotatable bonds is 8. The van der Waals surface area contributed by atoms with E-state index in [2.05, 4.69) is 20.2 Å². The predicted molar refractivity (Wildman–Crippen MR) is 131 cm³/mol. The number of aliphatic hydroxyl groups is 1. The van der Waals surface area contributed by atoms with E-state index in [1.165, 1.54) is 42.6 Å². The van der Waals surface area contributed by atoms with E-state index >= 15 is 0 Å². The summed E-state index contributed by atoms with van der Waals surface area (Å²) in [5, 5.41) is 19.5. The van der Waals surface area contributed by atoms with E-state index in [1.807, 2.05) is 0 Å². The smallest absolute Gasteiger partial charge is 0.382 e. The zero-order chi connectivity index (χ0) is 30.1. The normalized spacial score (nSPS) is 12.9. The summed E-state index contributed by atoms with van der Waals surface area (Å²) >= 11 is 11.9. The molecule has 0 aliphatic carbocycles. The molecule has 0 aliphatic rings. The molecule has 0 saturated heterocycles. The van der Waals surface area contributed by atoms with Crippen molar-refractivity contribution in [3.05, 3.63) is 74.9 Å². The van der Waals surface area contributed by atoms with Gasteiger partial charge in [-0.1, -0.05) is 23.2 Å². The van der Waals surface area contributed by atoms with Gasteiger partial charge in [-0.05, 0) is 36.4 Å². The van der Waals surface area contributed by atoms with E-state index in [0.717, 1.165) is 4.68 Å². The number of carbonyl (C=O) groups excluding carboxylic acids is 1. The van der Waals surface area contributed by atoms with Gasteiger partial charge in [0.2, 0.25) is 5.82 Å². The Kier molecular flexibility index (Phi) is 8.41. The van der Waals surface area contributed by atoms with Crippen molar-refractivity contribution in [3.8, 4) is 17.1 Å². The van der Waals surface area contributed by atoms with Crippen molar-refractivity contribution in [2.45, 2.75) is 31.5 Å². The molecule has 0 saturated carbocycles. The minimum Gasteiger partial charge on any atom is -0.382 e. The molecule has 0 radical (unpaired) electrons. The van der Waals surface area contributed by atoms with Gasteiger partial charge in [-0.3, -0.25) is 9.36 Å². The van der Waals surface area contributed by atoms with E-state index in [0.29, 0.717) is 9.25 Å². The number of hydrogen-bond acceptors (Lipinski definition) is 7. The van der Waals surface area contributed by atoms with Crippen molar-refractivity contribution in [1.82, 2.24) is 39.4 Å². The molecular weight excluding hydrogens is 609 g/mol. The third-order valence-corrected chi connectivity index (χ3v) is 5.86. The Balaban J connectivity index is 1.77. The Morgan fingerprint density at radius 1 is 1.05 bits per heavy atom. The maximum absolute atomic E-state index is 13.1. The SMILES string of the molecule is O=C(NCC(F)(F)F)c1nc(Cn2nc(-c3ccc(Cl)cc3)n(C[C@H](O)C(F)(F)F)c2=O)nn1-c1cccnc1Cl. The van der Waals surface area contributed by atoms with Gasteiger partial charge in [0.1, 0.15) is 18.8 Å². The number of hydrogen-bond donors (Lipinski definition) is 2. The van der Waals surface area contributed by atoms with Crippen LogP contribution in [0.1, 0.15) is 16.4 Å². The molecule has 0 spiro atoms. The zero-order valence-electron chi connectivity index (χ0n) is 20.2. The van der Waals surface area contributed by atoms with Crippen molar-refractivity contribution in [3.63, 3.8) is 0 Å². The van der Waals surface area contributed by atoms with Crippen LogP contribution in [0.3, 0.4) is 0 Å². The molecule has 2 N–H and O–H groups in total. The molecule has 1 atom stereocenters. The number of alkyl halides is 6. The molecule has 0 bridgehead atoms. The second-order valence-electron chi connectivity index (χ2n) is 8.31. The number of carbonyl (C=O) groups is 1. The second kappa shape index (κ2) is 11.5. The summed E-state index contributed by atoms with van der Waals surface area (Å²) in [5.41, 5.74) is -0.984. The van der Waals surface area contributed by atoms with E-state index in [4.69, 9.17) is 23.2 Å². The topological polar surface area (TPSA) is 133 Å². The molecule has 1 aromatic carbocycles. The first kappa shape index (κ1) is 30.0. The molecule has 41 heavy (non-hydrogen) atoms. The molecule has 218 valence electrons. The van der Waals surface area contributed by atoms with Crippen LogP contribution in [0.2, 0.25) is 10.2 Å². The Hall–Kier alpha value is -3.96. The van der Waals surface area contributed by atoms with E-state index in [-0.39, 0.29) is 33.1 Å². The third kappa shape index (κ3) is 7.04. The lowest BCUT2D eigenvalue weighted by atomic mass is 10.2. The van der Waals surface area contributed by atoms with Crippen LogP contribution < -0.4 is 11.0 Å². The van der Waals surface area contributed by atoms with Crippen LogP contribution in [-0.4, -0.2) is 70.1 Å². The maximum Gasteiger partial charge on any atom is 0.416 e. The number of nitrogens with zero attached hydrogens (tertiary/aromatic N) is 7. The van der Waals surface area contributed by atoms with Gasteiger partial charge < -0.3 is 10.4 Å². The van der Waals surface area contributed by atoms with Crippen LogP contribution in [0, 0.1) is 0 Å². The zero-order valence-corrected chi connectivity index (χ0v) is 21.7. The Morgan fingerprint density at radius 2 is 1.73 bits per heavy atom. The van der Waals surface area contributed by atoms with Crippen molar-refractivity contribution >= 4 is 29.1 Å². The standard InChI is InChI=1S/C22H16Cl2F6N8O3/c23-12-5-3-11(4-6-12)17-35-37(20(41)36(17)8-14(39)22(28,29)30)9-15-33-18(19(40)32-10-21(25,26)27)38(34-15)13-2-1-7-31-16(13)24/h1-7,14,39H,8-10H2,(H,32,40)/t14-/m0/s1. The number of halogens is 8. The van der Waals surface area contributed by atoms with E-state index < -0.39 is 55.5 Å². The van der Waals surface area contributed by atoms with Gasteiger partial charge in [0.25, 0.3) is 5.91 Å². The van der Waals surface area contributed by atoms with Gasteiger partial charge in [-0.15, -0.1) is 10.2 Å². The summed E-state index contributed by atoms with van der Waals surface area (Å²) in [5.74, 6) is -2.56. The molecule has 0 aliphatic heterocycles. The van der Waals surface area contributed by atoms with Crippen LogP contribution in [0.25, 0.3) is 17.1 Å². The Bertz CT molecular complexity index is 1620. The molecule has 1 amide bonds. The Labute approximate surface area is 235 Å². The highest BCUT2D eigenvalue weighted by molar-refractivity contribution is 6.31. The van der Waals surface area contributed by atoms with Crippen LogP contribution in [0.15, 0.2) is 47.4 Å². The van der Waals surface area contributed by atoms with Crippen molar-refractivity contribution < 1.29 is 36.2 Å². The first-order valence-electron chi connectivity index (χ1n) is 11.2. The molecule has 4 aromatic rings. The molecule has 19 heteroatoms. The number of aromatic nitrogens is 7. The lowest BCUT2D eigenvalue weighted by molar-refractivity contribution is -0.207. The lowest BCUT2D eigenvalue weighted by Crippen LogP contribution is -2.37. The first-order chi connectivity index (χ1) is 19.1. The van der Waals surface area contributed by atoms with Crippen molar-refractivity contribution in [1.29, 1.82) is 0 Å². The molecule has 0 unspecified atom stereocenters. The third-order valence-electron chi connectivity index (χ3n) is 5.32. The lowest BCUT2D eigenvalue weighted by Gasteiger charge is -2.15. The highest BCUT2D eigenvalue weighted by Crippen LogP contribution is 2.24. The summed E-state index contributed by atoms with van der Waals surface area (Å²) in [6.07, 6.45) is -11.4. The fourth-order valence-corrected chi connectivity index (χ4v) is 3.79. The fraction of sp³-hybridized carbons (Fsp3) is 0.273. The average molecular weight is 625 g/mol. The minimum absolute atomic E-state index is 0.0434. The largest absolute Gasteiger partial charge is 0.416 e. The van der Waals surface area contributed by atoms with Crippen molar-refractivity contribution in [2.75, 3.05) is 6.54 Å². The number of benzene rings is 1. The van der Waals surface area contributed by atoms with Gasteiger partial charge in [-0.25, -0.2) is 24.1 Å². The quantitative estimate of drug-likeness (QED) is 0.227. The highest BCUT2D eigenvalue weighted by atomic mass is 35.5. The number of nitrogens with one attached hydrogen (secondary N) is 1. The molecular formula is C22H16Cl2F6N8O3. The summed E-state index contributed by atoms with van der Waals surface area (Å²) in [4.78, 5) is 33.4. The van der Waals surface area contributed by atoms with E-state index in [1.54, 1.807) is 5.32 Å². The summed E-state index contributed by atoms with van der Waals surface area (Å²) in [6, 6.07) is 8.30. The molecule has 3 aromatic heterocycles. The number of aliphatic hydroxyl groups excluding tert-OH is 1. The van der Waals surface area contributed by atoms with Gasteiger partial charge in [0.15, 0.2) is 22.9 Å². The number of amides is 1. The van der Waals surface area contributed by atoms with Crippen LogP contribution in [0.4, 0.5) is 26.3 Å². The molecule has 4 rings (SSSR count). The van der Waals surface area contributed by atoms with Gasteiger partial charge >= 0.3 is 18.0 Å². The molecule has 11 nitrogen and oxygen atoms in total. The van der Waals surface area contributed by atoms with E-state index in [9.17, 15) is 41.0 Å².